The first-order valence-electron chi connectivity index (χ1n) is 14.0. The molecule has 13 heteroatoms. The Morgan fingerprint density at radius 3 is 2.72 bits per heavy atom. The summed E-state index contributed by atoms with van der Waals surface area (Å²) < 4.78 is 53.3. The number of ether oxygens (including phenoxy) is 2. The van der Waals surface area contributed by atoms with Crippen LogP contribution >= 0.6 is 22.9 Å². The van der Waals surface area contributed by atoms with Crippen molar-refractivity contribution in [2.75, 3.05) is 26.3 Å². The lowest BCUT2D eigenvalue weighted by atomic mass is 10.0. The topological polar surface area (TPSA) is 78.6 Å². The fourth-order valence-corrected chi connectivity index (χ4v) is 7.32. The highest BCUT2D eigenvalue weighted by atomic mass is 35.5. The summed E-state index contributed by atoms with van der Waals surface area (Å²) in [6, 6.07) is 8.71. The van der Waals surface area contributed by atoms with E-state index < -0.39 is 24.0 Å². The number of fused-ring (bicyclic) bond motifs is 1. The minimum absolute atomic E-state index is 0.0284. The fourth-order valence-electron chi connectivity index (χ4n) is 5.92. The Kier molecular flexibility index (Phi) is 8.14. The molecule has 2 aliphatic heterocycles. The van der Waals surface area contributed by atoms with E-state index in [0.717, 1.165) is 76.7 Å². The molecule has 2 saturated heterocycles. The summed E-state index contributed by atoms with van der Waals surface area (Å²) in [6.45, 7) is 5.73. The lowest BCUT2D eigenvalue weighted by Crippen LogP contribution is -2.41. The number of benzene rings is 1. The van der Waals surface area contributed by atoms with Gasteiger partial charge in [-0.05, 0) is 43.2 Å². The van der Waals surface area contributed by atoms with Gasteiger partial charge in [0.15, 0.2) is 0 Å². The molecule has 0 saturated carbocycles. The molecule has 1 unspecified atom stereocenters. The normalized spacial score (nSPS) is 21.2. The van der Waals surface area contributed by atoms with Gasteiger partial charge < -0.3 is 9.47 Å². The van der Waals surface area contributed by atoms with Gasteiger partial charge in [-0.1, -0.05) is 18.5 Å². The quantitative estimate of drug-likeness (QED) is 0.273. The molecule has 1 aromatic carbocycles. The van der Waals surface area contributed by atoms with Crippen molar-refractivity contribution < 1.29 is 22.6 Å². The largest absolute Gasteiger partial charge is 0.488 e. The number of hydrogen-bond donors (Lipinski definition) is 0. The minimum atomic E-state index is -4.60. The third kappa shape index (κ3) is 6.24. The molecular formula is C30H30ClF3N4O4S. The van der Waals surface area contributed by atoms with Crippen molar-refractivity contribution in [3.8, 4) is 16.9 Å². The number of alkyl halides is 3. The lowest BCUT2D eigenvalue weighted by Gasteiger charge is -2.24. The molecule has 43 heavy (non-hydrogen) atoms. The predicted molar refractivity (Wildman–Crippen MR) is 159 cm³/mol. The Morgan fingerprint density at radius 2 is 1.98 bits per heavy atom. The van der Waals surface area contributed by atoms with E-state index in [1.165, 1.54) is 11.3 Å². The van der Waals surface area contributed by atoms with Crippen LogP contribution in [0.5, 0.6) is 5.75 Å². The van der Waals surface area contributed by atoms with Crippen LogP contribution < -0.4 is 16.0 Å². The second-order valence-electron chi connectivity index (χ2n) is 11.3. The zero-order valence-electron chi connectivity index (χ0n) is 23.6. The van der Waals surface area contributed by atoms with Crippen molar-refractivity contribution in [2.24, 2.45) is 5.92 Å². The van der Waals surface area contributed by atoms with Gasteiger partial charge in [0.2, 0.25) is 0 Å². The van der Waals surface area contributed by atoms with Crippen LogP contribution in [0.1, 0.15) is 23.8 Å². The molecule has 0 aliphatic carbocycles. The summed E-state index contributed by atoms with van der Waals surface area (Å²) >= 11 is 7.86. The fraction of sp³-hybridized carbons (Fsp3) is 0.433. The average Bonchev–Trinajstić information content (AvgIpc) is 3.69. The Morgan fingerprint density at radius 1 is 1.16 bits per heavy atom. The number of aryl methyl sites for hydroxylation is 1. The Labute approximate surface area is 254 Å². The second kappa shape index (κ2) is 11.7. The van der Waals surface area contributed by atoms with Crippen molar-refractivity contribution >= 4 is 33.2 Å². The third-order valence-corrected chi connectivity index (χ3v) is 9.42. The molecule has 2 aliphatic rings. The summed E-state index contributed by atoms with van der Waals surface area (Å²) in [7, 11) is 0. The van der Waals surface area contributed by atoms with Crippen molar-refractivity contribution in [3.63, 3.8) is 0 Å². The van der Waals surface area contributed by atoms with Crippen molar-refractivity contribution in [2.45, 2.75) is 51.7 Å². The molecule has 6 rings (SSSR count). The molecule has 4 aromatic rings. The molecule has 0 radical (unpaired) electrons. The Hall–Kier alpha value is -3.19. The van der Waals surface area contributed by atoms with Crippen molar-refractivity contribution in [1.82, 2.24) is 19.0 Å². The smallest absolute Gasteiger partial charge is 0.406 e. The third-order valence-electron chi connectivity index (χ3n) is 8.06. The van der Waals surface area contributed by atoms with E-state index in [1.807, 2.05) is 25.1 Å². The van der Waals surface area contributed by atoms with Gasteiger partial charge in [0.05, 0.1) is 23.4 Å². The van der Waals surface area contributed by atoms with Gasteiger partial charge in [0, 0.05) is 71.1 Å². The zero-order chi connectivity index (χ0) is 30.5. The maximum Gasteiger partial charge on any atom is 0.406 e. The van der Waals surface area contributed by atoms with Crippen LogP contribution in [0.25, 0.3) is 21.3 Å². The number of aromatic nitrogens is 3. The SMILES string of the molecule is Cc1cc(Cl)cc(-c2ccnc3cc(Cn4c(=O)ccn(CC(F)(F)F)c4=O)sc23)c1O[C@@H]1CN(C2CCOC2)C[C@@H]1C. The van der Waals surface area contributed by atoms with E-state index >= 15 is 0 Å². The molecule has 5 heterocycles. The highest BCUT2D eigenvalue weighted by molar-refractivity contribution is 7.19. The van der Waals surface area contributed by atoms with Gasteiger partial charge in [-0.15, -0.1) is 11.3 Å². The minimum Gasteiger partial charge on any atom is -0.488 e. The van der Waals surface area contributed by atoms with E-state index in [0.29, 0.717) is 31.9 Å². The molecule has 0 N–H and O–H groups in total. The van der Waals surface area contributed by atoms with Gasteiger partial charge in [0.25, 0.3) is 5.56 Å². The van der Waals surface area contributed by atoms with E-state index in [4.69, 9.17) is 21.1 Å². The number of halogens is 4. The summed E-state index contributed by atoms with van der Waals surface area (Å²) in [5, 5.41) is 0.548. The number of thiophene rings is 1. The van der Waals surface area contributed by atoms with E-state index in [9.17, 15) is 22.8 Å². The summed E-state index contributed by atoms with van der Waals surface area (Å²) in [5.74, 6) is 1.03. The standard InChI is InChI=1S/C30H30ClF3N4O4S/c1-17-9-19(31)10-23(27(17)42-25-14-37(12-18(25)2)20-5-8-41-15-20)22-3-6-35-24-11-21(43-28(22)24)13-38-26(39)4-7-36(29(38)40)16-30(32,33)34/h3-4,6-7,9-11,18,20,25H,5,8,12-16H2,1-2H3/t18-,20?,25+/m0/s1. The van der Waals surface area contributed by atoms with Crippen LogP contribution in [0, 0.1) is 12.8 Å². The van der Waals surface area contributed by atoms with Crippen molar-refractivity contribution in [3.05, 3.63) is 79.0 Å². The number of pyridine rings is 1. The lowest BCUT2D eigenvalue weighted by molar-refractivity contribution is -0.141. The van der Waals surface area contributed by atoms with E-state index in [2.05, 4.69) is 16.8 Å². The first-order valence-corrected chi connectivity index (χ1v) is 15.2. The summed E-state index contributed by atoms with van der Waals surface area (Å²) in [6.07, 6.45) is -1.07. The molecule has 0 amide bonds. The number of rotatable bonds is 7. The van der Waals surface area contributed by atoms with E-state index in [-0.39, 0.29) is 12.6 Å². The van der Waals surface area contributed by atoms with Gasteiger partial charge in [-0.3, -0.25) is 23.8 Å². The first-order chi connectivity index (χ1) is 20.5. The second-order valence-corrected chi connectivity index (χ2v) is 12.8. The van der Waals surface area contributed by atoms with E-state index in [1.54, 1.807) is 12.3 Å². The maximum atomic E-state index is 13.0. The predicted octanol–water partition coefficient (Wildman–Crippen LogP) is 5.35. The molecule has 228 valence electrons. The van der Waals surface area contributed by atoms with Crippen LogP contribution in [0.4, 0.5) is 13.2 Å². The van der Waals surface area contributed by atoms with Crippen LogP contribution in [-0.4, -0.2) is 63.6 Å². The van der Waals surface area contributed by atoms with Gasteiger partial charge in [-0.25, -0.2) is 4.79 Å². The summed E-state index contributed by atoms with van der Waals surface area (Å²) in [4.78, 5) is 32.8. The molecule has 3 atom stereocenters. The molecule has 2 fully saturated rings. The summed E-state index contributed by atoms with van der Waals surface area (Å²) in [5.41, 5.74) is 1.43. The maximum absolute atomic E-state index is 13.0. The molecule has 8 nitrogen and oxygen atoms in total. The monoisotopic (exact) mass is 634 g/mol. The van der Waals surface area contributed by atoms with Gasteiger partial charge >= 0.3 is 11.9 Å². The van der Waals surface area contributed by atoms with Crippen LogP contribution in [0.2, 0.25) is 5.02 Å². The van der Waals surface area contributed by atoms with Gasteiger partial charge in [-0.2, -0.15) is 13.2 Å². The first kappa shape index (κ1) is 29.9. The highest BCUT2D eigenvalue weighted by Gasteiger charge is 2.37. The zero-order valence-corrected chi connectivity index (χ0v) is 25.1. The molecule has 0 spiro atoms. The Balaban J connectivity index is 1.34. The molecule has 3 aromatic heterocycles. The van der Waals surface area contributed by atoms with Crippen molar-refractivity contribution in [1.29, 1.82) is 0 Å². The Bertz CT molecular complexity index is 1780. The van der Waals surface area contributed by atoms with Crippen LogP contribution in [-0.2, 0) is 17.8 Å². The van der Waals surface area contributed by atoms with Gasteiger partial charge in [0.1, 0.15) is 18.4 Å². The van der Waals surface area contributed by atoms with Crippen LogP contribution in [0.15, 0.2) is 52.3 Å². The highest BCUT2D eigenvalue weighted by Crippen LogP contribution is 2.42. The molecular weight excluding hydrogens is 605 g/mol. The molecule has 0 bridgehead atoms. The number of nitrogens with zero attached hydrogens (tertiary/aromatic N) is 4. The number of hydrogen-bond acceptors (Lipinski definition) is 7. The average molecular weight is 635 g/mol. The number of likely N-dealkylation sites (tertiary alicyclic amines) is 1. The van der Waals surface area contributed by atoms with Crippen LogP contribution in [0.3, 0.4) is 0 Å².